The number of carbonyl (C=O) groups is 1. The van der Waals surface area contributed by atoms with Crippen molar-refractivity contribution in [2.24, 2.45) is 10.2 Å². The second kappa shape index (κ2) is 10.2. The summed E-state index contributed by atoms with van der Waals surface area (Å²) in [5.41, 5.74) is 5.04. The molecule has 1 amide bonds. The quantitative estimate of drug-likeness (QED) is 0.262. The molecule has 0 bridgehead atoms. The Balaban J connectivity index is 1.51. The van der Waals surface area contributed by atoms with Crippen LogP contribution in [0.3, 0.4) is 0 Å². The van der Waals surface area contributed by atoms with Crippen LogP contribution in [0.15, 0.2) is 83.0 Å². The molecule has 176 valence electrons. The van der Waals surface area contributed by atoms with Crippen molar-refractivity contribution in [3.8, 4) is 0 Å². The zero-order valence-corrected chi connectivity index (χ0v) is 17.2. The summed E-state index contributed by atoms with van der Waals surface area (Å²) in [5.74, 6) is -0.539. The maximum atomic E-state index is 12.6. The lowest BCUT2D eigenvalue weighted by atomic mass is 10.1. The standard InChI is InChI=1S/C23H16F6N4O/c24-22(25,26)18-7-1-15(2-8-18)13-30-32-20-11-5-17(6-12-20)21(34)33-31-14-16-3-9-19(10-4-16)23(27,28)29/h1-14,32H,(H,33,34)/b30-13+,31-14+. The smallest absolute Gasteiger partial charge is 0.279 e. The van der Waals surface area contributed by atoms with Gasteiger partial charge in [0.1, 0.15) is 0 Å². The van der Waals surface area contributed by atoms with Crippen LogP contribution in [0.5, 0.6) is 0 Å². The third-order valence-electron chi connectivity index (χ3n) is 4.41. The largest absolute Gasteiger partial charge is 0.416 e. The number of hydrogen-bond acceptors (Lipinski definition) is 4. The van der Waals surface area contributed by atoms with Gasteiger partial charge in [-0.15, -0.1) is 0 Å². The van der Waals surface area contributed by atoms with E-state index >= 15 is 0 Å². The molecule has 0 spiro atoms. The van der Waals surface area contributed by atoms with Crippen LogP contribution in [0.4, 0.5) is 32.0 Å². The van der Waals surface area contributed by atoms with Crippen LogP contribution < -0.4 is 10.9 Å². The number of amides is 1. The number of rotatable bonds is 6. The van der Waals surface area contributed by atoms with Gasteiger partial charge in [-0.1, -0.05) is 24.3 Å². The van der Waals surface area contributed by atoms with Crippen molar-refractivity contribution in [2.75, 3.05) is 5.43 Å². The second-order valence-electron chi connectivity index (χ2n) is 6.89. The molecule has 0 radical (unpaired) electrons. The van der Waals surface area contributed by atoms with Crippen molar-refractivity contribution in [3.63, 3.8) is 0 Å². The van der Waals surface area contributed by atoms with Gasteiger partial charge in [-0.2, -0.15) is 36.5 Å². The zero-order valence-electron chi connectivity index (χ0n) is 17.2. The number of halogens is 6. The molecule has 3 aromatic rings. The number of hydrazone groups is 2. The first-order valence-corrected chi connectivity index (χ1v) is 9.59. The molecule has 0 saturated heterocycles. The highest BCUT2D eigenvalue weighted by Crippen LogP contribution is 2.29. The molecule has 0 aliphatic rings. The third-order valence-corrected chi connectivity index (χ3v) is 4.41. The summed E-state index contributed by atoms with van der Waals surface area (Å²) in [6.45, 7) is 0. The first kappa shape index (κ1) is 24.5. The number of benzene rings is 3. The van der Waals surface area contributed by atoms with Gasteiger partial charge in [0, 0.05) is 5.56 Å². The zero-order chi connectivity index (χ0) is 24.8. The van der Waals surface area contributed by atoms with E-state index in [1.54, 1.807) is 12.1 Å². The minimum Gasteiger partial charge on any atom is -0.279 e. The number of nitrogens with one attached hydrogen (secondary N) is 2. The Bertz CT molecular complexity index is 1170. The van der Waals surface area contributed by atoms with Gasteiger partial charge in [0.25, 0.3) is 5.91 Å². The molecule has 0 aliphatic heterocycles. The summed E-state index contributed by atoms with van der Waals surface area (Å²) < 4.78 is 75.3. The number of alkyl halides is 6. The lowest BCUT2D eigenvalue weighted by Gasteiger charge is -2.06. The Morgan fingerprint density at radius 1 is 0.647 bits per heavy atom. The van der Waals surface area contributed by atoms with E-state index in [0.29, 0.717) is 16.8 Å². The van der Waals surface area contributed by atoms with Crippen LogP contribution in [0, 0.1) is 0 Å². The molecule has 3 aromatic carbocycles. The van der Waals surface area contributed by atoms with Crippen molar-refractivity contribution in [1.82, 2.24) is 5.43 Å². The average molecular weight is 478 g/mol. The van der Waals surface area contributed by atoms with Gasteiger partial charge in [0.2, 0.25) is 0 Å². The van der Waals surface area contributed by atoms with Crippen LogP contribution in [0.2, 0.25) is 0 Å². The summed E-state index contributed by atoms with van der Waals surface area (Å²) >= 11 is 0. The molecule has 5 nitrogen and oxygen atoms in total. The number of nitrogens with zero attached hydrogens (tertiary/aromatic N) is 2. The van der Waals surface area contributed by atoms with E-state index in [2.05, 4.69) is 21.1 Å². The van der Waals surface area contributed by atoms with Crippen molar-refractivity contribution in [2.45, 2.75) is 12.4 Å². The Kier molecular flexibility index (Phi) is 7.34. The predicted octanol–water partition coefficient (Wildman–Crippen LogP) is 5.93. The maximum absolute atomic E-state index is 12.6. The minimum absolute atomic E-state index is 0.266. The number of carbonyl (C=O) groups excluding carboxylic acids is 1. The van der Waals surface area contributed by atoms with Gasteiger partial charge < -0.3 is 0 Å². The van der Waals surface area contributed by atoms with Crippen molar-refractivity contribution in [3.05, 3.63) is 101 Å². The fourth-order valence-electron chi connectivity index (χ4n) is 2.62. The Hall–Kier alpha value is -4.15. The molecular weight excluding hydrogens is 462 g/mol. The lowest BCUT2D eigenvalue weighted by Crippen LogP contribution is -2.17. The summed E-state index contributed by atoms with van der Waals surface area (Å²) in [5, 5.41) is 7.65. The number of anilines is 1. The molecule has 3 rings (SSSR count). The highest BCUT2D eigenvalue weighted by Gasteiger charge is 2.30. The first-order valence-electron chi connectivity index (χ1n) is 9.59. The van der Waals surface area contributed by atoms with Gasteiger partial charge in [0.15, 0.2) is 0 Å². The van der Waals surface area contributed by atoms with Gasteiger partial charge in [-0.25, -0.2) is 5.43 Å². The van der Waals surface area contributed by atoms with Gasteiger partial charge in [0.05, 0.1) is 29.2 Å². The van der Waals surface area contributed by atoms with Crippen molar-refractivity contribution in [1.29, 1.82) is 0 Å². The van der Waals surface area contributed by atoms with E-state index in [1.165, 1.54) is 48.8 Å². The van der Waals surface area contributed by atoms with E-state index in [0.717, 1.165) is 24.3 Å². The van der Waals surface area contributed by atoms with Crippen molar-refractivity contribution >= 4 is 24.0 Å². The minimum atomic E-state index is -4.43. The molecule has 0 atom stereocenters. The van der Waals surface area contributed by atoms with Gasteiger partial charge in [-0.3, -0.25) is 10.2 Å². The fourth-order valence-corrected chi connectivity index (χ4v) is 2.62. The van der Waals surface area contributed by atoms with Crippen LogP contribution in [0.1, 0.15) is 32.6 Å². The molecule has 0 heterocycles. The summed E-state index contributed by atoms with van der Waals surface area (Å²) in [7, 11) is 0. The monoisotopic (exact) mass is 478 g/mol. The summed E-state index contributed by atoms with van der Waals surface area (Å²) in [6.07, 6.45) is -6.28. The molecule has 0 aromatic heterocycles. The van der Waals surface area contributed by atoms with Crippen LogP contribution in [-0.4, -0.2) is 18.3 Å². The second-order valence-corrected chi connectivity index (χ2v) is 6.89. The Labute approximate surface area is 189 Å². The Morgan fingerprint density at radius 3 is 1.53 bits per heavy atom. The molecular formula is C23H16F6N4O. The van der Waals surface area contributed by atoms with E-state index in [-0.39, 0.29) is 5.56 Å². The van der Waals surface area contributed by atoms with E-state index in [4.69, 9.17) is 0 Å². The van der Waals surface area contributed by atoms with Crippen molar-refractivity contribution < 1.29 is 31.1 Å². The first-order chi connectivity index (χ1) is 16.0. The maximum Gasteiger partial charge on any atom is 0.416 e. The molecule has 34 heavy (non-hydrogen) atoms. The van der Waals surface area contributed by atoms with E-state index < -0.39 is 29.4 Å². The van der Waals surface area contributed by atoms with Crippen LogP contribution >= 0.6 is 0 Å². The molecule has 0 fully saturated rings. The molecule has 11 heteroatoms. The molecule has 2 N–H and O–H groups in total. The number of hydrogen-bond donors (Lipinski definition) is 2. The van der Waals surface area contributed by atoms with E-state index in [9.17, 15) is 31.1 Å². The fraction of sp³-hybridized carbons (Fsp3) is 0.0870. The summed E-state index contributed by atoms with van der Waals surface area (Å²) in [4.78, 5) is 12.1. The third kappa shape index (κ3) is 6.92. The Morgan fingerprint density at radius 2 is 1.09 bits per heavy atom. The van der Waals surface area contributed by atoms with Crippen LogP contribution in [0.25, 0.3) is 0 Å². The van der Waals surface area contributed by atoms with Crippen LogP contribution in [-0.2, 0) is 12.4 Å². The van der Waals surface area contributed by atoms with Gasteiger partial charge >= 0.3 is 12.4 Å². The topological polar surface area (TPSA) is 65.8 Å². The highest BCUT2D eigenvalue weighted by molar-refractivity contribution is 5.95. The normalized spacial score (nSPS) is 12.3. The average Bonchev–Trinajstić information content (AvgIpc) is 2.79. The highest BCUT2D eigenvalue weighted by atomic mass is 19.4. The summed E-state index contributed by atoms with van der Waals surface area (Å²) in [6, 6.07) is 14.8. The molecule has 0 aliphatic carbocycles. The molecule has 0 saturated carbocycles. The van der Waals surface area contributed by atoms with Gasteiger partial charge in [-0.05, 0) is 59.7 Å². The predicted molar refractivity (Wildman–Crippen MR) is 116 cm³/mol. The lowest BCUT2D eigenvalue weighted by molar-refractivity contribution is -0.138. The SMILES string of the molecule is O=C(N/N=C/c1ccc(C(F)(F)F)cc1)c1ccc(N/N=C/c2ccc(C(F)(F)F)cc2)cc1. The van der Waals surface area contributed by atoms with E-state index in [1.807, 2.05) is 0 Å². The molecule has 0 unspecified atom stereocenters.